The molecule has 0 fully saturated rings. The first-order valence-corrected chi connectivity index (χ1v) is 6.70. The minimum absolute atomic E-state index is 0.108. The zero-order valence-corrected chi connectivity index (χ0v) is 11.8. The summed E-state index contributed by atoms with van der Waals surface area (Å²) in [5.74, 6) is -0.108. The van der Waals surface area contributed by atoms with Crippen LogP contribution < -0.4 is 0 Å². The van der Waals surface area contributed by atoms with Crippen molar-refractivity contribution in [2.75, 3.05) is 0 Å². The molecule has 0 N–H and O–H groups in total. The predicted octanol–water partition coefficient (Wildman–Crippen LogP) is 5.05. The Kier molecular flexibility index (Phi) is 3.70. The zero-order chi connectivity index (χ0) is 11.7. The van der Waals surface area contributed by atoms with Gasteiger partial charge in [-0.25, -0.2) is 0 Å². The highest BCUT2D eigenvalue weighted by Crippen LogP contribution is 2.33. The molecule has 1 aromatic heterocycles. The van der Waals surface area contributed by atoms with Gasteiger partial charge in [-0.15, -0.1) is 11.3 Å². The number of carbonyl (C=O) groups excluding carboxylic acids is 1. The Morgan fingerprint density at radius 2 is 1.94 bits per heavy atom. The lowest BCUT2D eigenvalue weighted by atomic mass is 10.1. The van der Waals surface area contributed by atoms with Crippen LogP contribution in [0.3, 0.4) is 0 Å². The van der Waals surface area contributed by atoms with Crippen LogP contribution in [0.15, 0.2) is 34.8 Å². The van der Waals surface area contributed by atoms with E-state index >= 15 is 0 Å². The third-order valence-electron chi connectivity index (χ3n) is 1.99. The van der Waals surface area contributed by atoms with Crippen LogP contribution in [-0.2, 0) is 0 Å². The van der Waals surface area contributed by atoms with E-state index in [0.717, 1.165) is 4.47 Å². The topological polar surface area (TPSA) is 17.1 Å². The summed E-state index contributed by atoms with van der Waals surface area (Å²) < 4.78 is 1.30. The maximum atomic E-state index is 12.1. The summed E-state index contributed by atoms with van der Waals surface area (Å²) in [7, 11) is 0. The molecule has 0 unspecified atom stereocenters. The molecule has 16 heavy (non-hydrogen) atoms. The van der Waals surface area contributed by atoms with E-state index in [2.05, 4.69) is 15.9 Å². The lowest BCUT2D eigenvalue weighted by molar-refractivity contribution is 0.104. The number of thiophene rings is 1. The molecule has 1 nitrogen and oxygen atoms in total. The molecule has 2 rings (SSSR count). The number of benzene rings is 1. The summed E-state index contributed by atoms with van der Waals surface area (Å²) in [4.78, 5) is 12.7. The molecule has 0 spiro atoms. The van der Waals surface area contributed by atoms with Crippen molar-refractivity contribution in [1.82, 2.24) is 0 Å². The molecule has 5 heteroatoms. The lowest BCUT2D eigenvalue weighted by Crippen LogP contribution is -1.98. The van der Waals surface area contributed by atoms with Crippen LogP contribution in [0.4, 0.5) is 0 Å². The van der Waals surface area contributed by atoms with E-state index in [0.29, 0.717) is 19.8 Å². The lowest BCUT2D eigenvalue weighted by Gasteiger charge is -1.99. The Morgan fingerprint density at radius 3 is 2.50 bits per heavy atom. The first-order valence-electron chi connectivity index (χ1n) is 4.33. The van der Waals surface area contributed by atoms with Gasteiger partial charge in [0.25, 0.3) is 0 Å². The van der Waals surface area contributed by atoms with Crippen LogP contribution in [0, 0.1) is 0 Å². The van der Waals surface area contributed by atoms with Gasteiger partial charge < -0.3 is 0 Å². The van der Waals surface area contributed by atoms with E-state index in [9.17, 15) is 4.79 Å². The van der Waals surface area contributed by atoms with Crippen LogP contribution >= 0.6 is 50.5 Å². The van der Waals surface area contributed by atoms with Gasteiger partial charge in [0.15, 0.2) is 0 Å². The Balaban J connectivity index is 2.43. The zero-order valence-electron chi connectivity index (χ0n) is 7.84. The largest absolute Gasteiger partial charge is 0.288 e. The van der Waals surface area contributed by atoms with Crippen LogP contribution in [0.1, 0.15) is 15.2 Å². The van der Waals surface area contributed by atoms with Crippen molar-refractivity contribution < 1.29 is 4.79 Å². The summed E-state index contributed by atoms with van der Waals surface area (Å²) in [5, 5.41) is 0.452. The second kappa shape index (κ2) is 4.88. The van der Waals surface area contributed by atoms with Gasteiger partial charge in [-0.1, -0.05) is 35.3 Å². The fourth-order valence-corrected chi connectivity index (χ4v) is 3.11. The van der Waals surface area contributed by atoms with Crippen LogP contribution in [0.2, 0.25) is 9.36 Å². The Morgan fingerprint density at radius 1 is 1.25 bits per heavy atom. The molecule has 0 saturated heterocycles. The Hall–Kier alpha value is -0.350. The number of halogens is 3. The highest BCUT2D eigenvalue weighted by Gasteiger charge is 2.16. The predicted molar refractivity (Wildman–Crippen MR) is 71.9 cm³/mol. The fourth-order valence-electron chi connectivity index (χ4n) is 1.24. The molecule has 0 aliphatic carbocycles. The maximum absolute atomic E-state index is 12.1. The quantitative estimate of drug-likeness (QED) is 0.702. The molecule has 0 saturated carbocycles. The molecule has 82 valence electrons. The standard InChI is InChI=1S/C11H5BrCl2OS/c12-7-5-9(16-11(7)14)10(15)6-3-1-2-4-8(6)13/h1-5H. The molecule has 1 heterocycles. The third kappa shape index (κ3) is 2.33. The molecule has 2 aromatic rings. The van der Waals surface area contributed by atoms with E-state index in [1.54, 1.807) is 30.3 Å². The van der Waals surface area contributed by atoms with Crippen molar-refractivity contribution in [3.63, 3.8) is 0 Å². The Bertz CT molecular complexity index is 531. The smallest absolute Gasteiger partial charge is 0.204 e. The monoisotopic (exact) mass is 334 g/mol. The SMILES string of the molecule is O=C(c1cc(Br)c(Cl)s1)c1ccccc1Cl. The number of hydrogen-bond acceptors (Lipinski definition) is 2. The summed E-state index contributed by atoms with van der Waals surface area (Å²) >= 11 is 16.3. The Labute approximate surface area is 115 Å². The van der Waals surface area contributed by atoms with Gasteiger partial charge >= 0.3 is 0 Å². The van der Waals surface area contributed by atoms with E-state index in [1.807, 2.05) is 0 Å². The van der Waals surface area contributed by atoms with E-state index in [4.69, 9.17) is 23.2 Å². The van der Waals surface area contributed by atoms with Gasteiger partial charge in [-0.3, -0.25) is 4.79 Å². The molecular formula is C11H5BrCl2OS. The van der Waals surface area contributed by atoms with Crippen LogP contribution in [0.25, 0.3) is 0 Å². The van der Waals surface area contributed by atoms with Gasteiger partial charge in [0.1, 0.15) is 4.34 Å². The molecule has 0 aliphatic heterocycles. The highest BCUT2D eigenvalue weighted by molar-refractivity contribution is 9.10. The summed E-state index contributed by atoms with van der Waals surface area (Å²) in [5.41, 5.74) is 0.495. The second-order valence-electron chi connectivity index (χ2n) is 3.04. The van der Waals surface area contributed by atoms with Crippen molar-refractivity contribution >= 4 is 56.3 Å². The number of ketones is 1. The van der Waals surface area contributed by atoms with Gasteiger partial charge in [-0.05, 0) is 34.1 Å². The van der Waals surface area contributed by atoms with E-state index < -0.39 is 0 Å². The molecule has 0 radical (unpaired) electrons. The van der Waals surface area contributed by atoms with Crippen molar-refractivity contribution in [3.8, 4) is 0 Å². The molecule has 1 aromatic carbocycles. The normalized spacial score (nSPS) is 10.4. The molecular weight excluding hydrogens is 331 g/mol. The van der Waals surface area contributed by atoms with Crippen molar-refractivity contribution in [2.24, 2.45) is 0 Å². The number of carbonyl (C=O) groups is 1. The minimum Gasteiger partial charge on any atom is -0.288 e. The van der Waals surface area contributed by atoms with Gasteiger partial charge in [-0.2, -0.15) is 0 Å². The molecule has 0 atom stereocenters. The molecule has 0 bridgehead atoms. The van der Waals surface area contributed by atoms with Gasteiger partial charge in [0.05, 0.1) is 9.90 Å². The van der Waals surface area contributed by atoms with Crippen molar-refractivity contribution in [3.05, 3.63) is 54.6 Å². The summed E-state index contributed by atoms with van der Waals surface area (Å²) in [6.45, 7) is 0. The first kappa shape index (κ1) is 12.1. The van der Waals surface area contributed by atoms with Gasteiger partial charge in [0, 0.05) is 10.0 Å². The number of rotatable bonds is 2. The summed E-state index contributed by atoms with van der Waals surface area (Å²) in [6.07, 6.45) is 0. The average Bonchev–Trinajstić information content (AvgIpc) is 2.59. The second-order valence-corrected chi connectivity index (χ2v) is 5.96. The minimum atomic E-state index is -0.108. The summed E-state index contributed by atoms with van der Waals surface area (Å²) in [6, 6.07) is 8.67. The first-order chi connectivity index (χ1) is 7.59. The van der Waals surface area contributed by atoms with Gasteiger partial charge in [0.2, 0.25) is 5.78 Å². The molecule has 0 aliphatic rings. The third-order valence-corrected chi connectivity index (χ3v) is 4.79. The number of hydrogen-bond donors (Lipinski definition) is 0. The van der Waals surface area contributed by atoms with Crippen molar-refractivity contribution in [2.45, 2.75) is 0 Å². The van der Waals surface area contributed by atoms with E-state index in [1.165, 1.54) is 11.3 Å². The van der Waals surface area contributed by atoms with Crippen LogP contribution in [0.5, 0.6) is 0 Å². The van der Waals surface area contributed by atoms with Crippen molar-refractivity contribution in [1.29, 1.82) is 0 Å². The highest BCUT2D eigenvalue weighted by atomic mass is 79.9. The van der Waals surface area contributed by atoms with E-state index in [-0.39, 0.29) is 5.78 Å². The maximum Gasteiger partial charge on any atom is 0.204 e. The van der Waals surface area contributed by atoms with Crippen LogP contribution in [-0.4, -0.2) is 5.78 Å². The average molecular weight is 336 g/mol. The fraction of sp³-hybridized carbons (Fsp3) is 0. The molecule has 0 amide bonds.